The second-order valence-electron chi connectivity index (χ2n) is 3.97. The molecule has 0 aliphatic carbocycles. The minimum Gasteiger partial charge on any atom is -0.302 e. The van der Waals surface area contributed by atoms with Crippen LogP contribution >= 0.6 is 0 Å². The molecule has 0 saturated carbocycles. The van der Waals surface area contributed by atoms with Gasteiger partial charge in [-0.15, -0.1) is 0 Å². The van der Waals surface area contributed by atoms with E-state index in [0.717, 1.165) is 0 Å². The fourth-order valence-electron chi connectivity index (χ4n) is 2.11. The quantitative estimate of drug-likeness (QED) is 0.583. The molecule has 0 radical (unpaired) electrons. The van der Waals surface area contributed by atoms with Gasteiger partial charge in [-0.05, 0) is 5.56 Å². The highest BCUT2D eigenvalue weighted by Gasteiger charge is 2.49. The Hall–Kier alpha value is -2.66. The smallest absolute Gasteiger partial charge is 0.302 e. The van der Waals surface area contributed by atoms with Crippen LogP contribution < -0.4 is 5.32 Å². The molecule has 5 heteroatoms. The van der Waals surface area contributed by atoms with E-state index in [2.05, 4.69) is 10.2 Å². The number of piperidine rings is 1. The third kappa shape index (κ3) is 1.83. The van der Waals surface area contributed by atoms with Crippen LogP contribution in [-0.4, -0.2) is 17.9 Å². The van der Waals surface area contributed by atoms with Crippen LogP contribution in [0.3, 0.4) is 0 Å². The fraction of sp³-hybridized carbons (Fsp3) is 0.231. The van der Waals surface area contributed by atoms with Crippen molar-refractivity contribution < 1.29 is 9.59 Å². The molecule has 1 aliphatic rings. The minimum absolute atomic E-state index is 0.628. The molecule has 3 atom stereocenters. The van der Waals surface area contributed by atoms with Crippen LogP contribution in [0.5, 0.6) is 0 Å². The SMILES string of the molecule is [C-]#[N+]C1C(=O)NC(=O)C(C#N)C1c1ccccc1. The van der Waals surface area contributed by atoms with Crippen LogP contribution in [0.1, 0.15) is 11.5 Å². The monoisotopic (exact) mass is 239 g/mol. The number of hydrogen-bond donors (Lipinski definition) is 1. The number of carbonyl (C=O) groups excluding carboxylic acids is 2. The van der Waals surface area contributed by atoms with E-state index in [4.69, 9.17) is 11.8 Å². The molecular formula is C13H9N3O2. The molecule has 1 heterocycles. The molecule has 0 aromatic heterocycles. The Labute approximate surface area is 104 Å². The molecule has 88 valence electrons. The number of nitrogens with zero attached hydrogens (tertiary/aromatic N) is 2. The van der Waals surface area contributed by atoms with E-state index < -0.39 is 29.7 Å². The first kappa shape index (κ1) is 11.8. The molecule has 1 saturated heterocycles. The van der Waals surface area contributed by atoms with Crippen molar-refractivity contribution in [1.82, 2.24) is 5.32 Å². The molecule has 1 aromatic carbocycles. The predicted octanol–water partition coefficient (Wildman–Crippen LogP) is 0.854. The molecular weight excluding hydrogens is 230 g/mol. The van der Waals surface area contributed by atoms with Crippen molar-refractivity contribution in [3.8, 4) is 6.07 Å². The summed E-state index contributed by atoms with van der Waals surface area (Å²) in [7, 11) is 0. The van der Waals surface area contributed by atoms with Gasteiger partial charge in [0.25, 0.3) is 0 Å². The van der Waals surface area contributed by atoms with Gasteiger partial charge in [0, 0.05) is 0 Å². The highest BCUT2D eigenvalue weighted by atomic mass is 16.2. The van der Waals surface area contributed by atoms with Crippen molar-refractivity contribution in [3.63, 3.8) is 0 Å². The summed E-state index contributed by atoms with van der Waals surface area (Å²) in [6.45, 7) is 7.08. The average molecular weight is 239 g/mol. The van der Waals surface area contributed by atoms with Gasteiger partial charge in [0.15, 0.2) is 0 Å². The maximum atomic E-state index is 11.6. The lowest BCUT2D eigenvalue weighted by atomic mass is 9.78. The van der Waals surface area contributed by atoms with E-state index in [-0.39, 0.29) is 0 Å². The maximum absolute atomic E-state index is 11.6. The van der Waals surface area contributed by atoms with Crippen LogP contribution in [0.2, 0.25) is 0 Å². The van der Waals surface area contributed by atoms with Crippen LogP contribution in [0.4, 0.5) is 0 Å². The molecule has 2 amide bonds. The zero-order chi connectivity index (χ0) is 13.1. The van der Waals surface area contributed by atoms with E-state index in [1.807, 2.05) is 6.07 Å². The van der Waals surface area contributed by atoms with Gasteiger partial charge in [-0.3, -0.25) is 14.9 Å². The zero-order valence-electron chi connectivity index (χ0n) is 9.33. The summed E-state index contributed by atoms with van der Waals surface area (Å²) in [4.78, 5) is 26.5. The lowest BCUT2D eigenvalue weighted by Gasteiger charge is -2.26. The Morgan fingerprint density at radius 3 is 2.44 bits per heavy atom. The van der Waals surface area contributed by atoms with Gasteiger partial charge in [-0.1, -0.05) is 30.3 Å². The van der Waals surface area contributed by atoms with Crippen molar-refractivity contribution in [2.75, 3.05) is 0 Å². The Kier molecular flexibility index (Phi) is 3.07. The number of benzene rings is 1. The lowest BCUT2D eigenvalue weighted by molar-refractivity contribution is -0.136. The van der Waals surface area contributed by atoms with Crippen molar-refractivity contribution >= 4 is 11.8 Å². The number of nitrogens with one attached hydrogen (secondary N) is 1. The number of rotatable bonds is 1. The summed E-state index contributed by atoms with van der Waals surface area (Å²) < 4.78 is 0. The molecule has 1 aromatic rings. The number of amides is 2. The van der Waals surface area contributed by atoms with Gasteiger partial charge >= 0.3 is 11.9 Å². The van der Waals surface area contributed by atoms with Crippen molar-refractivity contribution in [2.45, 2.75) is 12.0 Å². The van der Waals surface area contributed by atoms with E-state index >= 15 is 0 Å². The second-order valence-corrected chi connectivity index (χ2v) is 3.97. The van der Waals surface area contributed by atoms with Crippen LogP contribution in [0.25, 0.3) is 4.85 Å². The van der Waals surface area contributed by atoms with E-state index in [1.54, 1.807) is 30.3 Å². The van der Waals surface area contributed by atoms with Crippen LogP contribution in [-0.2, 0) is 9.59 Å². The second kappa shape index (κ2) is 4.68. The standard InChI is InChI=1S/C13H9N3O2/c1-15-11-10(8-5-3-2-4-6-8)9(7-14)12(17)16-13(11)18/h2-6,9-11H,(H,16,17,18). The molecule has 0 bridgehead atoms. The highest BCUT2D eigenvalue weighted by Crippen LogP contribution is 2.33. The first-order valence-corrected chi connectivity index (χ1v) is 5.35. The third-order valence-corrected chi connectivity index (χ3v) is 2.96. The number of hydrogen-bond acceptors (Lipinski definition) is 3. The molecule has 0 spiro atoms. The Bertz CT molecular complexity index is 536. The van der Waals surface area contributed by atoms with E-state index in [0.29, 0.717) is 5.56 Å². The topological polar surface area (TPSA) is 74.3 Å². The summed E-state index contributed by atoms with van der Waals surface area (Å²) in [5, 5.41) is 11.1. The first-order valence-electron chi connectivity index (χ1n) is 5.35. The molecule has 3 unspecified atom stereocenters. The Balaban J connectivity index is 2.50. The van der Waals surface area contributed by atoms with Crippen LogP contribution in [0, 0.1) is 23.8 Å². The third-order valence-electron chi connectivity index (χ3n) is 2.96. The fourth-order valence-corrected chi connectivity index (χ4v) is 2.11. The van der Waals surface area contributed by atoms with Crippen molar-refractivity contribution in [1.29, 1.82) is 5.26 Å². The molecule has 5 nitrogen and oxygen atoms in total. The lowest BCUT2D eigenvalue weighted by Crippen LogP contribution is -2.52. The Morgan fingerprint density at radius 1 is 1.22 bits per heavy atom. The van der Waals surface area contributed by atoms with E-state index in [9.17, 15) is 9.59 Å². The summed E-state index contributed by atoms with van der Waals surface area (Å²) in [5.41, 5.74) is 0.660. The van der Waals surface area contributed by atoms with Crippen LogP contribution in [0.15, 0.2) is 30.3 Å². The molecule has 1 aliphatic heterocycles. The van der Waals surface area contributed by atoms with Crippen molar-refractivity contribution in [2.24, 2.45) is 5.92 Å². The summed E-state index contributed by atoms with van der Waals surface area (Å²) >= 11 is 0. The summed E-state index contributed by atoms with van der Waals surface area (Å²) in [5.74, 6) is -2.97. The Morgan fingerprint density at radius 2 is 1.89 bits per heavy atom. The predicted molar refractivity (Wildman–Crippen MR) is 61.8 cm³/mol. The van der Waals surface area contributed by atoms with Gasteiger partial charge in [0.05, 0.1) is 12.0 Å². The van der Waals surface area contributed by atoms with Gasteiger partial charge in [-0.25, -0.2) is 6.57 Å². The first-order chi connectivity index (χ1) is 8.69. The van der Waals surface area contributed by atoms with Gasteiger partial charge in [-0.2, -0.15) is 5.26 Å². The maximum Gasteiger partial charge on any atom is 0.310 e. The average Bonchev–Trinajstić information content (AvgIpc) is 2.39. The number of imide groups is 1. The zero-order valence-corrected chi connectivity index (χ0v) is 9.33. The molecule has 1 fully saturated rings. The normalized spacial score (nSPS) is 26.9. The largest absolute Gasteiger partial charge is 0.310 e. The summed E-state index contributed by atoms with van der Waals surface area (Å²) in [6.07, 6.45) is 0. The molecule has 1 N–H and O–H groups in total. The van der Waals surface area contributed by atoms with E-state index in [1.165, 1.54) is 0 Å². The van der Waals surface area contributed by atoms with Gasteiger partial charge in [0.1, 0.15) is 5.92 Å². The van der Waals surface area contributed by atoms with Gasteiger partial charge in [0.2, 0.25) is 5.91 Å². The molecule has 2 rings (SSSR count). The summed E-state index contributed by atoms with van der Waals surface area (Å²) in [6, 6.07) is 9.59. The highest BCUT2D eigenvalue weighted by molar-refractivity contribution is 6.04. The number of nitriles is 1. The van der Waals surface area contributed by atoms with Crippen molar-refractivity contribution in [3.05, 3.63) is 47.3 Å². The van der Waals surface area contributed by atoms with Gasteiger partial charge < -0.3 is 4.85 Å². The minimum atomic E-state index is -1.03. The molecule has 18 heavy (non-hydrogen) atoms. The number of carbonyl (C=O) groups is 2.